The Hall–Kier alpha value is -2.04. The fourth-order valence-electron chi connectivity index (χ4n) is 4.27. The number of carbonyl (C=O) groups excluding carboxylic acids is 1. The van der Waals surface area contributed by atoms with Crippen molar-refractivity contribution in [1.82, 2.24) is 9.80 Å². The van der Waals surface area contributed by atoms with Crippen LogP contribution < -0.4 is 5.32 Å². The van der Waals surface area contributed by atoms with Crippen LogP contribution in [-0.2, 0) is 6.54 Å². The molecule has 136 valence electrons. The Kier molecular flexibility index (Phi) is 4.88. The van der Waals surface area contributed by atoms with Gasteiger partial charge in [-0.2, -0.15) is 0 Å². The molecule has 4 rings (SSSR count). The number of hydrogen-bond acceptors (Lipinski definition) is 2. The third-order valence-electron chi connectivity index (χ3n) is 5.67. The Morgan fingerprint density at radius 2 is 1.81 bits per heavy atom. The molecule has 5 heteroatoms. The summed E-state index contributed by atoms with van der Waals surface area (Å²) in [5, 5.41) is 3.79. The number of hydrogen-bond donors (Lipinski definition) is 1. The van der Waals surface area contributed by atoms with Crippen molar-refractivity contribution in [3.8, 4) is 0 Å². The molecule has 2 aromatic carbocycles. The predicted octanol–water partition coefficient (Wildman–Crippen LogP) is 4.61. The minimum absolute atomic E-state index is 0.00594. The lowest BCUT2D eigenvalue weighted by molar-refractivity contribution is 0.136. The molecule has 2 fully saturated rings. The largest absolute Gasteiger partial charge is 0.323 e. The van der Waals surface area contributed by atoms with Crippen LogP contribution in [0.25, 0.3) is 0 Å². The van der Waals surface area contributed by atoms with E-state index >= 15 is 0 Å². The lowest BCUT2D eigenvalue weighted by Crippen LogP contribution is -2.46. The highest BCUT2D eigenvalue weighted by Crippen LogP contribution is 2.38. The van der Waals surface area contributed by atoms with Gasteiger partial charge in [-0.1, -0.05) is 41.9 Å². The smallest absolute Gasteiger partial charge is 0.321 e. The molecule has 1 spiro atoms. The number of nitrogens with zero attached hydrogens (tertiary/aromatic N) is 2. The van der Waals surface area contributed by atoms with Crippen LogP contribution in [0.5, 0.6) is 0 Å². The van der Waals surface area contributed by atoms with Gasteiger partial charge in [0.2, 0.25) is 0 Å². The number of rotatable bonds is 3. The standard InChI is InChI=1S/C21H24ClN3O/c22-18-9-7-17(8-10-18)15-25-13-4-11-21(25)12-14-24(16-21)20(26)23-19-5-2-1-3-6-19/h1-3,5-10H,4,11-16H2,(H,23,26)/t21-/m0/s1. The second-order valence-corrected chi connectivity index (χ2v) is 7.78. The fraction of sp³-hybridized carbons (Fsp3) is 0.381. The summed E-state index contributed by atoms with van der Waals surface area (Å²) >= 11 is 6.00. The summed E-state index contributed by atoms with van der Waals surface area (Å²) in [5.74, 6) is 0. The Labute approximate surface area is 159 Å². The molecule has 2 aromatic rings. The summed E-state index contributed by atoms with van der Waals surface area (Å²) in [5.41, 5.74) is 2.25. The highest BCUT2D eigenvalue weighted by atomic mass is 35.5. The van der Waals surface area contributed by atoms with Gasteiger partial charge in [0.15, 0.2) is 0 Å². The van der Waals surface area contributed by atoms with Crippen molar-refractivity contribution in [3.63, 3.8) is 0 Å². The molecule has 2 amide bonds. The number of halogens is 1. The number of para-hydroxylation sites is 1. The molecule has 26 heavy (non-hydrogen) atoms. The summed E-state index contributed by atoms with van der Waals surface area (Å²) in [6.45, 7) is 3.64. The van der Waals surface area contributed by atoms with Crippen molar-refractivity contribution in [3.05, 3.63) is 65.2 Å². The van der Waals surface area contributed by atoms with Crippen molar-refractivity contribution in [1.29, 1.82) is 0 Å². The zero-order chi connectivity index (χ0) is 18.0. The zero-order valence-electron chi connectivity index (χ0n) is 14.8. The van der Waals surface area contributed by atoms with E-state index in [1.807, 2.05) is 47.4 Å². The molecule has 0 aliphatic carbocycles. The molecular formula is C21H24ClN3O. The second-order valence-electron chi connectivity index (χ2n) is 7.34. The molecule has 0 saturated carbocycles. The molecule has 4 nitrogen and oxygen atoms in total. The van der Waals surface area contributed by atoms with E-state index in [0.29, 0.717) is 0 Å². The van der Waals surface area contributed by atoms with E-state index in [-0.39, 0.29) is 11.6 Å². The Morgan fingerprint density at radius 1 is 1.04 bits per heavy atom. The van der Waals surface area contributed by atoms with Gasteiger partial charge in [-0.05, 0) is 55.6 Å². The molecule has 1 atom stereocenters. The summed E-state index contributed by atoms with van der Waals surface area (Å²) < 4.78 is 0. The van der Waals surface area contributed by atoms with E-state index in [2.05, 4.69) is 22.3 Å². The Bertz CT molecular complexity index is 765. The van der Waals surface area contributed by atoms with Crippen molar-refractivity contribution >= 4 is 23.3 Å². The SMILES string of the molecule is O=C(Nc1ccccc1)N1CC[C@@]2(CCCN2Cc2ccc(Cl)cc2)C1. The lowest BCUT2D eigenvalue weighted by atomic mass is 9.95. The first kappa shape index (κ1) is 17.4. The quantitative estimate of drug-likeness (QED) is 0.857. The van der Waals surface area contributed by atoms with Crippen LogP contribution in [0.3, 0.4) is 0 Å². The molecule has 2 aliphatic rings. The maximum atomic E-state index is 12.6. The van der Waals surface area contributed by atoms with Crippen LogP contribution in [0.2, 0.25) is 5.02 Å². The molecule has 0 unspecified atom stereocenters. The maximum absolute atomic E-state index is 12.6. The number of likely N-dealkylation sites (tertiary alicyclic amines) is 2. The topological polar surface area (TPSA) is 35.6 Å². The fourth-order valence-corrected chi connectivity index (χ4v) is 4.39. The van der Waals surface area contributed by atoms with Crippen LogP contribution in [0, 0.1) is 0 Å². The average Bonchev–Trinajstić information content (AvgIpc) is 3.26. The molecular weight excluding hydrogens is 346 g/mol. The number of nitrogens with one attached hydrogen (secondary N) is 1. The first-order chi connectivity index (χ1) is 12.6. The molecule has 0 radical (unpaired) electrons. The predicted molar refractivity (Wildman–Crippen MR) is 105 cm³/mol. The van der Waals surface area contributed by atoms with Gasteiger partial charge in [0.05, 0.1) is 0 Å². The first-order valence-electron chi connectivity index (χ1n) is 9.25. The monoisotopic (exact) mass is 369 g/mol. The van der Waals surface area contributed by atoms with Crippen molar-refractivity contribution in [2.24, 2.45) is 0 Å². The highest BCUT2D eigenvalue weighted by molar-refractivity contribution is 6.30. The first-order valence-corrected chi connectivity index (χ1v) is 9.63. The van der Waals surface area contributed by atoms with Crippen LogP contribution in [-0.4, -0.2) is 41.0 Å². The van der Waals surface area contributed by atoms with Crippen LogP contribution >= 0.6 is 11.6 Å². The summed E-state index contributed by atoms with van der Waals surface area (Å²) in [4.78, 5) is 17.2. The van der Waals surface area contributed by atoms with E-state index < -0.39 is 0 Å². The summed E-state index contributed by atoms with van der Waals surface area (Å²) in [7, 11) is 0. The molecule has 2 saturated heterocycles. The highest BCUT2D eigenvalue weighted by Gasteiger charge is 2.46. The Morgan fingerprint density at radius 3 is 2.58 bits per heavy atom. The number of anilines is 1. The van der Waals surface area contributed by atoms with E-state index in [9.17, 15) is 4.79 Å². The van der Waals surface area contributed by atoms with Gasteiger partial charge in [0, 0.05) is 35.9 Å². The van der Waals surface area contributed by atoms with E-state index in [0.717, 1.165) is 49.7 Å². The Balaban J connectivity index is 1.42. The van der Waals surface area contributed by atoms with Crippen molar-refractivity contribution < 1.29 is 4.79 Å². The van der Waals surface area contributed by atoms with E-state index in [1.165, 1.54) is 12.0 Å². The molecule has 1 N–H and O–H groups in total. The summed E-state index contributed by atoms with van der Waals surface area (Å²) in [6, 6.07) is 17.8. The summed E-state index contributed by atoms with van der Waals surface area (Å²) in [6.07, 6.45) is 3.40. The van der Waals surface area contributed by atoms with Crippen LogP contribution in [0.15, 0.2) is 54.6 Å². The number of amides is 2. The molecule has 2 heterocycles. The van der Waals surface area contributed by atoms with Gasteiger partial charge < -0.3 is 10.2 Å². The van der Waals surface area contributed by atoms with Crippen molar-refractivity contribution in [2.75, 3.05) is 25.0 Å². The van der Waals surface area contributed by atoms with Gasteiger partial charge in [0.25, 0.3) is 0 Å². The van der Waals surface area contributed by atoms with Gasteiger partial charge >= 0.3 is 6.03 Å². The molecule has 2 aliphatic heterocycles. The minimum Gasteiger partial charge on any atom is -0.323 e. The van der Waals surface area contributed by atoms with Crippen molar-refractivity contribution in [2.45, 2.75) is 31.3 Å². The second kappa shape index (κ2) is 7.29. The van der Waals surface area contributed by atoms with E-state index in [1.54, 1.807) is 0 Å². The minimum atomic E-state index is 0.00594. The third kappa shape index (κ3) is 3.57. The number of benzene rings is 2. The third-order valence-corrected chi connectivity index (χ3v) is 5.92. The maximum Gasteiger partial charge on any atom is 0.321 e. The van der Waals surface area contributed by atoms with Gasteiger partial charge in [0.1, 0.15) is 0 Å². The number of urea groups is 1. The van der Waals surface area contributed by atoms with Gasteiger partial charge in [-0.3, -0.25) is 4.90 Å². The zero-order valence-corrected chi connectivity index (χ0v) is 15.6. The molecule has 0 bridgehead atoms. The van der Waals surface area contributed by atoms with Crippen LogP contribution in [0.4, 0.5) is 10.5 Å². The number of carbonyl (C=O) groups is 1. The normalized spacial score (nSPS) is 22.9. The van der Waals surface area contributed by atoms with E-state index in [4.69, 9.17) is 11.6 Å². The van der Waals surface area contributed by atoms with Crippen LogP contribution in [0.1, 0.15) is 24.8 Å². The van der Waals surface area contributed by atoms with Gasteiger partial charge in [-0.25, -0.2) is 4.79 Å². The lowest BCUT2D eigenvalue weighted by Gasteiger charge is -2.35. The molecule has 0 aromatic heterocycles. The van der Waals surface area contributed by atoms with Gasteiger partial charge in [-0.15, -0.1) is 0 Å². The average molecular weight is 370 g/mol.